The monoisotopic (exact) mass is 486 g/mol. The highest BCUT2D eigenvalue weighted by atomic mass is 16.5. The van der Waals surface area contributed by atoms with Crippen LogP contribution in [0.15, 0.2) is 66.7 Å². The summed E-state index contributed by atoms with van der Waals surface area (Å²) in [5, 5.41) is 72.9. The minimum Gasteiger partial charge on any atom is -0.508 e. The van der Waals surface area contributed by atoms with Crippen LogP contribution in [0.5, 0.6) is 46.0 Å². The third kappa shape index (κ3) is 3.22. The fraction of sp³-hybridized carbons (Fsp3) is 0.143. The number of phenols is 7. The van der Waals surface area contributed by atoms with Gasteiger partial charge in [0.15, 0.2) is 0 Å². The van der Waals surface area contributed by atoms with Gasteiger partial charge >= 0.3 is 0 Å². The van der Waals surface area contributed by atoms with E-state index in [1.54, 1.807) is 12.1 Å². The Morgan fingerprint density at radius 2 is 1.08 bits per heavy atom. The molecule has 0 bridgehead atoms. The second kappa shape index (κ2) is 7.64. The van der Waals surface area contributed by atoms with Crippen molar-refractivity contribution in [1.82, 2.24) is 0 Å². The lowest BCUT2D eigenvalue weighted by Gasteiger charge is -2.39. The topological polar surface area (TPSA) is 151 Å². The van der Waals surface area contributed by atoms with Crippen LogP contribution in [0.2, 0.25) is 0 Å². The molecule has 0 saturated carbocycles. The standard InChI is InChI=1S/C28H22O8/c29-14-3-1-12(2-4-14)28-25-19-8-17(32)9-20(34)24(19)23(13-5-15(30)7-16(31)6-13)27(25)26-21(35)10-18(33)11-22(26)36-28/h1-11,23,25,27-35H/t23-,25+,27+,28-/m0/s1. The third-order valence-corrected chi connectivity index (χ3v) is 7.12. The lowest BCUT2D eigenvalue weighted by molar-refractivity contribution is 0.133. The highest BCUT2D eigenvalue weighted by molar-refractivity contribution is 5.65. The molecule has 4 aromatic carbocycles. The zero-order valence-electron chi connectivity index (χ0n) is 18.7. The predicted molar refractivity (Wildman–Crippen MR) is 128 cm³/mol. The van der Waals surface area contributed by atoms with Gasteiger partial charge in [-0.15, -0.1) is 0 Å². The Labute approximate surface area is 205 Å². The van der Waals surface area contributed by atoms with Crippen molar-refractivity contribution in [3.63, 3.8) is 0 Å². The van der Waals surface area contributed by atoms with Crippen LogP contribution in [0, 0.1) is 0 Å². The van der Waals surface area contributed by atoms with Gasteiger partial charge in [0.1, 0.15) is 52.1 Å². The second-order valence-electron chi connectivity index (χ2n) is 9.29. The molecule has 0 fully saturated rings. The normalized spacial score (nSPS) is 21.8. The molecule has 1 aliphatic carbocycles. The van der Waals surface area contributed by atoms with Crippen LogP contribution in [-0.2, 0) is 0 Å². The van der Waals surface area contributed by atoms with Crippen LogP contribution < -0.4 is 4.74 Å². The van der Waals surface area contributed by atoms with Crippen molar-refractivity contribution in [2.24, 2.45) is 0 Å². The van der Waals surface area contributed by atoms with E-state index in [4.69, 9.17) is 4.74 Å². The molecule has 6 rings (SSSR count). The van der Waals surface area contributed by atoms with Gasteiger partial charge in [0.25, 0.3) is 0 Å². The summed E-state index contributed by atoms with van der Waals surface area (Å²) in [6.07, 6.45) is -0.694. The fourth-order valence-corrected chi connectivity index (χ4v) is 5.89. The number of ether oxygens (including phenoxy) is 1. The average Bonchev–Trinajstić information content (AvgIpc) is 3.13. The Morgan fingerprint density at radius 3 is 1.75 bits per heavy atom. The van der Waals surface area contributed by atoms with Gasteiger partial charge in [-0.3, -0.25) is 0 Å². The van der Waals surface area contributed by atoms with Crippen LogP contribution in [0.3, 0.4) is 0 Å². The molecular weight excluding hydrogens is 464 g/mol. The zero-order chi connectivity index (χ0) is 25.3. The Bertz CT molecular complexity index is 1490. The molecular formula is C28H22O8. The Morgan fingerprint density at radius 1 is 0.500 bits per heavy atom. The lowest BCUT2D eigenvalue weighted by atomic mass is 9.72. The first kappa shape index (κ1) is 21.8. The summed E-state index contributed by atoms with van der Waals surface area (Å²) in [4.78, 5) is 0. The first-order valence-electron chi connectivity index (χ1n) is 11.3. The van der Waals surface area contributed by atoms with Crippen LogP contribution in [0.25, 0.3) is 0 Å². The van der Waals surface area contributed by atoms with Crippen LogP contribution in [-0.4, -0.2) is 35.7 Å². The maximum atomic E-state index is 11.0. The van der Waals surface area contributed by atoms with Crippen LogP contribution in [0.4, 0.5) is 0 Å². The van der Waals surface area contributed by atoms with Crippen LogP contribution >= 0.6 is 0 Å². The number of phenolic OH excluding ortho intramolecular Hbond substituents is 7. The van der Waals surface area contributed by atoms with Crippen molar-refractivity contribution in [3.8, 4) is 46.0 Å². The molecule has 8 heteroatoms. The molecule has 0 spiro atoms. The van der Waals surface area contributed by atoms with E-state index in [1.165, 1.54) is 54.6 Å². The fourth-order valence-electron chi connectivity index (χ4n) is 5.89. The van der Waals surface area contributed by atoms with E-state index in [0.29, 0.717) is 27.8 Å². The maximum absolute atomic E-state index is 11.0. The van der Waals surface area contributed by atoms with Gasteiger partial charge in [-0.1, -0.05) is 12.1 Å². The number of fused-ring (bicyclic) bond motifs is 5. The number of aromatic hydroxyl groups is 7. The quantitative estimate of drug-likeness (QED) is 0.214. The molecule has 4 aromatic rings. The minimum atomic E-state index is -0.694. The van der Waals surface area contributed by atoms with Crippen molar-refractivity contribution >= 4 is 0 Å². The molecule has 0 amide bonds. The van der Waals surface area contributed by atoms with Crippen molar-refractivity contribution in [1.29, 1.82) is 0 Å². The summed E-state index contributed by atoms with van der Waals surface area (Å²) < 4.78 is 6.34. The smallest absolute Gasteiger partial charge is 0.131 e. The van der Waals surface area contributed by atoms with E-state index in [9.17, 15) is 35.7 Å². The number of rotatable bonds is 2. The first-order chi connectivity index (χ1) is 17.2. The molecule has 1 aliphatic heterocycles. The summed E-state index contributed by atoms with van der Waals surface area (Å²) >= 11 is 0. The molecule has 0 aromatic heterocycles. The molecule has 182 valence electrons. The van der Waals surface area contributed by atoms with Crippen LogP contribution in [0.1, 0.15) is 51.7 Å². The van der Waals surface area contributed by atoms with Gasteiger partial charge in [0.2, 0.25) is 0 Å². The molecule has 36 heavy (non-hydrogen) atoms. The molecule has 7 N–H and O–H groups in total. The molecule has 1 heterocycles. The zero-order valence-corrected chi connectivity index (χ0v) is 18.7. The van der Waals surface area contributed by atoms with E-state index < -0.39 is 23.9 Å². The van der Waals surface area contributed by atoms with Crippen molar-refractivity contribution in [2.45, 2.75) is 23.9 Å². The SMILES string of the molecule is Oc1ccc([C@@H]2Oc3cc(O)cc(O)c3[C@@H]3[C@@H](c4cc(O)cc(O)c4)c4c(O)cc(O)cc4[C@H]32)cc1. The summed E-state index contributed by atoms with van der Waals surface area (Å²) in [6, 6.07) is 15.9. The molecule has 0 unspecified atom stereocenters. The summed E-state index contributed by atoms with van der Waals surface area (Å²) in [5.74, 6) is -2.60. The van der Waals surface area contributed by atoms with E-state index >= 15 is 0 Å². The lowest BCUT2D eigenvalue weighted by Crippen LogP contribution is -2.27. The van der Waals surface area contributed by atoms with Crippen molar-refractivity contribution in [3.05, 3.63) is 94.5 Å². The van der Waals surface area contributed by atoms with Gasteiger partial charge in [0, 0.05) is 53.1 Å². The van der Waals surface area contributed by atoms with Gasteiger partial charge in [0.05, 0.1) is 0 Å². The Kier molecular flexibility index (Phi) is 4.63. The highest BCUT2D eigenvalue weighted by Crippen LogP contribution is 2.67. The molecule has 4 atom stereocenters. The van der Waals surface area contributed by atoms with Crippen molar-refractivity contribution < 1.29 is 40.5 Å². The van der Waals surface area contributed by atoms with E-state index in [1.807, 2.05) is 0 Å². The summed E-state index contributed by atoms with van der Waals surface area (Å²) in [7, 11) is 0. The van der Waals surface area contributed by atoms with E-state index in [2.05, 4.69) is 0 Å². The highest BCUT2D eigenvalue weighted by Gasteiger charge is 2.53. The van der Waals surface area contributed by atoms with Gasteiger partial charge < -0.3 is 40.5 Å². The predicted octanol–water partition coefficient (Wildman–Crippen LogP) is 4.77. The Balaban J connectivity index is 1.68. The average molecular weight is 486 g/mol. The largest absolute Gasteiger partial charge is 0.508 e. The molecule has 0 saturated heterocycles. The van der Waals surface area contributed by atoms with Gasteiger partial charge in [-0.25, -0.2) is 0 Å². The van der Waals surface area contributed by atoms with Gasteiger partial charge in [-0.2, -0.15) is 0 Å². The van der Waals surface area contributed by atoms with Gasteiger partial charge in [-0.05, 0) is 47.0 Å². The van der Waals surface area contributed by atoms with E-state index in [0.717, 1.165) is 0 Å². The van der Waals surface area contributed by atoms with Crippen molar-refractivity contribution in [2.75, 3.05) is 0 Å². The molecule has 2 aliphatic rings. The Hall–Kier alpha value is -4.72. The molecule has 0 radical (unpaired) electrons. The summed E-state index contributed by atoms with van der Waals surface area (Å²) in [5.41, 5.74) is 2.58. The second-order valence-corrected chi connectivity index (χ2v) is 9.29. The maximum Gasteiger partial charge on any atom is 0.131 e. The minimum absolute atomic E-state index is 0.0667. The number of benzene rings is 4. The molecule has 8 nitrogen and oxygen atoms in total. The first-order valence-corrected chi connectivity index (χ1v) is 11.3. The van der Waals surface area contributed by atoms with E-state index in [-0.39, 0.29) is 46.0 Å². The number of hydrogen-bond acceptors (Lipinski definition) is 8. The summed E-state index contributed by atoms with van der Waals surface area (Å²) in [6.45, 7) is 0. The third-order valence-electron chi connectivity index (χ3n) is 7.12. The number of hydrogen-bond donors (Lipinski definition) is 7.